The topological polar surface area (TPSA) is 63.6 Å². The smallest absolute Gasteiger partial charge is 0.330 e. The summed E-state index contributed by atoms with van der Waals surface area (Å²) >= 11 is 0. The molecule has 0 aliphatic rings. The number of hydrogen-bond acceptors (Lipinski definition) is 3. The molecule has 0 fully saturated rings. The van der Waals surface area contributed by atoms with E-state index in [1.807, 2.05) is 0 Å². The second-order valence-corrected chi connectivity index (χ2v) is 2.01. The zero-order valence-corrected chi connectivity index (χ0v) is 6.53. The Morgan fingerprint density at radius 2 is 2.08 bits per heavy atom. The van der Waals surface area contributed by atoms with E-state index in [0.717, 1.165) is 6.08 Å². The molecule has 0 aromatic heterocycles. The largest absolute Gasteiger partial charge is 0.481 e. The molecule has 0 aromatic rings. The van der Waals surface area contributed by atoms with Crippen molar-refractivity contribution >= 4 is 11.9 Å². The number of rotatable bonds is 5. The second-order valence-electron chi connectivity index (χ2n) is 2.01. The highest BCUT2D eigenvalue weighted by molar-refractivity contribution is 5.81. The zero-order valence-electron chi connectivity index (χ0n) is 6.53. The molecule has 0 saturated carbocycles. The fraction of sp³-hybridized carbons (Fsp3) is 0.250. The Kier molecular flexibility index (Phi) is 4.45. The summed E-state index contributed by atoms with van der Waals surface area (Å²) in [7, 11) is 0. The summed E-state index contributed by atoms with van der Waals surface area (Å²) in [6, 6.07) is 0. The van der Waals surface area contributed by atoms with Gasteiger partial charge in [0, 0.05) is 6.08 Å². The van der Waals surface area contributed by atoms with E-state index in [9.17, 15) is 9.59 Å². The standard InChI is InChI=1S/C8H10O4/c1-3-6(8(10)11)5-12-7(9)4-2/h3-4,6H,1-2,5H2,(H,10,11). The van der Waals surface area contributed by atoms with Crippen molar-refractivity contribution in [2.45, 2.75) is 0 Å². The summed E-state index contributed by atoms with van der Waals surface area (Å²) in [6.45, 7) is 6.24. The molecule has 0 rings (SSSR count). The zero-order chi connectivity index (χ0) is 9.56. The van der Waals surface area contributed by atoms with Crippen LogP contribution in [0.1, 0.15) is 0 Å². The molecule has 1 N–H and O–H groups in total. The molecule has 0 radical (unpaired) electrons. The van der Waals surface area contributed by atoms with E-state index in [1.165, 1.54) is 6.08 Å². The monoisotopic (exact) mass is 170 g/mol. The van der Waals surface area contributed by atoms with E-state index in [4.69, 9.17) is 5.11 Å². The van der Waals surface area contributed by atoms with E-state index >= 15 is 0 Å². The lowest BCUT2D eigenvalue weighted by atomic mass is 10.2. The molecule has 0 heterocycles. The van der Waals surface area contributed by atoms with Crippen LogP contribution in [0.4, 0.5) is 0 Å². The third-order valence-electron chi connectivity index (χ3n) is 1.17. The Morgan fingerprint density at radius 1 is 1.50 bits per heavy atom. The number of aliphatic carboxylic acids is 1. The quantitative estimate of drug-likeness (QED) is 0.373. The van der Waals surface area contributed by atoms with Crippen molar-refractivity contribution in [3.05, 3.63) is 25.3 Å². The van der Waals surface area contributed by atoms with Crippen LogP contribution in [0.3, 0.4) is 0 Å². The lowest BCUT2D eigenvalue weighted by molar-refractivity contribution is -0.146. The minimum atomic E-state index is -1.07. The maximum Gasteiger partial charge on any atom is 0.330 e. The Morgan fingerprint density at radius 3 is 2.42 bits per heavy atom. The van der Waals surface area contributed by atoms with Crippen molar-refractivity contribution in [2.24, 2.45) is 5.92 Å². The molecule has 0 bridgehead atoms. The molecule has 1 atom stereocenters. The van der Waals surface area contributed by atoms with Gasteiger partial charge in [0.1, 0.15) is 12.5 Å². The Balaban J connectivity index is 3.88. The summed E-state index contributed by atoms with van der Waals surface area (Å²) in [5.74, 6) is -2.56. The van der Waals surface area contributed by atoms with Crippen LogP contribution in [0, 0.1) is 5.92 Å². The molecule has 1 unspecified atom stereocenters. The average Bonchev–Trinajstić information content (AvgIpc) is 2.04. The van der Waals surface area contributed by atoms with Gasteiger partial charge < -0.3 is 9.84 Å². The second kappa shape index (κ2) is 5.12. The van der Waals surface area contributed by atoms with Gasteiger partial charge in [0.05, 0.1) is 0 Å². The Labute approximate surface area is 70.1 Å². The number of carboxylic acid groups (broad SMARTS) is 1. The van der Waals surface area contributed by atoms with E-state index in [2.05, 4.69) is 17.9 Å². The highest BCUT2D eigenvalue weighted by Gasteiger charge is 2.14. The van der Waals surface area contributed by atoms with Gasteiger partial charge in [0.2, 0.25) is 0 Å². The van der Waals surface area contributed by atoms with Crippen LogP contribution < -0.4 is 0 Å². The Hall–Kier alpha value is -1.58. The number of carbonyl (C=O) groups is 2. The van der Waals surface area contributed by atoms with Crippen LogP contribution in [-0.2, 0) is 14.3 Å². The number of esters is 1. The van der Waals surface area contributed by atoms with Crippen LogP contribution in [0.15, 0.2) is 25.3 Å². The minimum Gasteiger partial charge on any atom is -0.481 e. The molecule has 0 amide bonds. The first-order valence-electron chi connectivity index (χ1n) is 3.26. The fourth-order valence-electron chi connectivity index (χ4n) is 0.471. The van der Waals surface area contributed by atoms with Crippen LogP contribution in [0.5, 0.6) is 0 Å². The average molecular weight is 170 g/mol. The first-order valence-corrected chi connectivity index (χ1v) is 3.26. The molecule has 4 nitrogen and oxygen atoms in total. The van der Waals surface area contributed by atoms with Gasteiger partial charge in [-0.1, -0.05) is 12.7 Å². The molecule has 66 valence electrons. The SMILES string of the molecule is C=CC(=O)OCC(C=C)C(=O)O. The Bertz CT molecular complexity index is 207. The number of ether oxygens (including phenoxy) is 1. The predicted molar refractivity (Wildman–Crippen MR) is 42.5 cm³/mol. The molecule has 0 aromatic carbocycles. The third-order valence-corrected chi connectivity index (χ3v) is 1.17. The van der Waals surface area contributed by atoms with Crippen molar-refractivity contribution in [2.75, 3.05) is 6.61 Å². The lowest BCUT2D eigenvalue weighted by Gasteiger charge is -2.05. The fourth-order valence-corrected chi connectivity index (χ4v) is 0.471. The van der Waals surface area contributed by atoms with Crippen LogP contribution >= 0.6 is 0 Å². The van der Waals surface area contributed by atoms with Crippen molar-refractivity contribution in [1.29, 1.82) is 0 Å². The van der Waals surface area contributed by atoms with Gasteiger partial charge in [0.25, 0.3) is 0 Å². The van der Waals surface area contributed by atoms with Crippen molar-refractivity contribution in [3.8, 4) is 0 Å². The summed E-state index contributed by atoms with van der Waals surface area (Å²) in [6.07, 6.45) is 2.18. The number of carbonyl (C=O) groups excluding carboxylic acids is 1. The molecule has 0 aliphatic heterocycles. The maximum absolute atomic E-state index is 10.5. The first kappa shape index (κ1) is 10.4. The molecule has 0 spiro atoms. The van der Waals surface area contributed by atoms with E-state index < -0.39 is 17.9 Å². The normalized spacial score (nSPS) is 11.3. The van der Waals surface area contributed by atoms with Crippen molar-refractivity contribution in [3.63, 3.8) is 0 Å². The first-order chi connectivity index (χ1) is 5.61. The van der Waals surface area contributed by atoms with Gasteiger partial charge in [-0.25, -0.2) is 4.79 Å². The van der Waals surface area contributed by atoms with Crippen LogP contribution in [0.25, 0.3) is 0 Å². The summed E-state index contributed by atoms with van der Waals surface area (Å²) < 4.78 is 4.50. The van der Waals surface area contributed by atoms with Gasteiger partial charge in [0.15, 0.2) is 0 Å². The molecular formula is C8H10O4. The summed E-state index contributed by atoms with van der Waals surface area (Å²) in [4.78, 5) is 20.8. The number of hydrogen-bond donors (Lipinski definition) is 1. The lowest BCUT2D eigenvalue weighted by Crippen LogP contribution is -2.18. The summed E-state index contributed by atoms with van der Waals surface area (Å²) in [5.41, 5.74) is 0. The minimum absolute atomic E-state index is 0.205. The highest BCUT2D eigenvalue weighted by atomic mass is 16.5. The highest BCUT2D eigenvalue weighted by Crippen LogP contribution is 1.98. The van der Waals surface area contributed by atoms with Gasteiger partial charge in [-0.3, -0.25) is 4.79 Å². The van der Waals surface area contributed by atoms with Crippen molar-refractivity contribution < 1.29 is 19.4 Å². The van der Waals surface area contributed by atoms with E-state index in [0.29, 0.717) is 0 Å². The molecular weight excluding hydrogens is 160 g/mol. The van der Waals surface area contributed by atoms with Crippen molar-refractivity contribution in [1.82, 2.24) is 0 Å². The molecule has 4 heteroatoms. The number of carboxylic acids is 1. The summed E-state index contributed by atoms with van der Waals surface area (Å²) in [5, 5.41) is 8.47. The van der Waals surface area contributed by atoms with Crippen LogP contribution in [0.2, 0.25) is 0 Å². The third kappa shape index (κ3) is 3.55. The van der Waals surface area contributed by atoms with Gasteiger partial charge in [-0.05, 0) is 0 Å². The van der Waals surface area contributed by atoms with Gasteiger partial charge >= 0.3 is 11.9 Å². The molecule has 12 heavy (non-hydrogen) atoms. The predicted octanol–water partition coefficient (Wildman–Crippen LogP) is 0.602. The maximum atomic E-state index is 10.5. The molecule has 0 aliphatic carbocycles. The van der Waals surface area contributed by atoms with Gasteiger partial charge in [-0.2, -0.15) is 0 Å². The van der Waals surface area contributed by atoms with E-state index in [1.54, 1.807) is 0 Å². The molecule has 0 saturated heterocycles. The van der Waals surface area contributed by atoms with E-state index in [-0.39, 0.29) is 6.61 Å². The van der Waals surface area contributed by atoms with Gasteiger partial charge in [-0.15, -0.1) is 6.58 Å². The van der Waals surface area contributed by atoms with Crippen LogP contribution in [-0.4, -0.2) is 23.7 Å².